The minimum Gasteiger partial charge on any atom is -0.497 e. The molecule has 0 bridgehead atoms. The number of carbonyl (C=O) groups excluding carboxylic acids is 1. The van der Waals surface area contributed by atoms with Crippen LogP contribution in [0.15, 0.2) is 39.5 Å². The highest BCUT2D eigenvalue weighted by Crippen LogP contribution is 2.32. The van der Waals surface area contributed by atoms with Crippen molar-refractivity contribution in [1.29, 1.82) is 0 Å². The summed E-state index contributed by atoms with van der Waals surface area (Å²) in [7, 11) is 2.84. The number of carbonyl (C=O) groups is 1. The summed E-state index contributed by atoms with van der Waals surface area (Å²) < 4.78 is 21.0. The summed E-state index contributed by atoms with van der Waals surface area (Å²) in [4.78, 5) is 23.9. The molecular weight excluding hydrogens is 324 g/mol. The molecule has 0 saturated heterocycles. The molecule has 0 N–H and O–H groups in total. The predicted octanol–water partition coefficient (Wildman–Crippen LogP) is 3.20. The second-order valence-electron chi connectivity index (χ2n) is 5.65. The third kappa shape index (κ3) is 2.91. The second-order valence-corrected chi connectivity index (χ2v) is 5.65. The highest BCUT2D eigenvalue weighted by atomic mass is 16.6. The molecule has 6 nitrogen and oxygen atoms in total. The van der Waals surface area contributed by atoms with E-state index in [1.54, 1.807) is 45.2 Å². The van der Waals surface area contributed by atoms with E-state index in [1.165, 1.54) is 7.11 Å². The Labute approximate surface area is 143 Å². The number of rotatable bonds is 4. The Bertz CT molecular complexity index is 1020. The van der Waals surface area contributed by atoms with Crippen LogP contribution < -0.4 is 15.1 Å². The molecule has 0 amide bonds. The van der Waals surface area contributed by atoms with Gasteiger partial charge in [-0.2, -0.15) is 0 Å². The van der Waals surface area contributed by atoms with Crippen LogP contribution in [0.25, 0.3) is 21.7 Å². The van der Waals surface area contributed by atoms with Crippen molar-refractivity contribution in [3.8, 4) is 11.5 Å². The van der Waals surface area contributed by atoms with E-state index in [-0.39, 0.29) is 0 Å². The average Bonchev–Trinajstić information content (AvgIpc) is 2.63. The van der Waals surface area contributed by atoms with Crippen molar-refractivity contribution < 1.29 is 23.4 Å². The average molecular weight is 342 g/mol. The molecule has 0 aliphatic rings. The van der Waals surface area contributed by atoms with Crippen LogP contribution >= 0.6 is 0 Å². The van der Waals surface area contributed by atoms with Gasteiger partial charge in [-0.05, 0) is 44.2 Å². The number of hydrogen-bond acceptors (Lipinski definition) is 6. The fourth-order valence-electron chi connectivity index (χ4n) is 2.75. The summed E-state index contributed by atoms with van der Waals surface area (Å²) in [5.41, 5.74) is 0.614. The zero-order chi connectivity index (χ0) is 18.1. The standard InChI is InChI=1S/C19H18O6/c1-10-16(24-11(2)18(20)23-4)8-7-14-13-6-5-12(22-3)9-15(13)19(21)25-17(10)14/h5-9,11H,1-4H3. The number of benzene rings is 2. The lowest BCUT2D eigenvalue weighted by molar-refractivity contribution is -0.147. The van der Waals surface area contributed by atoms with E-state index in [4.69, 9.17) is 13.9 Å². The van der Waals surface area contributed by atoms with Crippen molar-refractivity contribution >= 4 is 27.7 Å². The summed E-state index contributed by atoms with van der Waals surface area (Å²) in [5, 5.41) is 2.00. The summed E-state index contributed by atoms with van der Waals surface area (Å²) in [6, 6.07) is 8.82. The van der Waals surface area contributed by atoms with Crippen LogP contribution in [-0.2, 0) is 9.53 Å². The van der Waals surface area contributed by atoms with Crippen LogP contribution in [-0.4, -0.2) is 26.3 Å². The van der Waals surface area contributed by atoms with Crippen molar-refractivity contribution in [3.05, 3.63) is 46.3 Å². The van der Waals surface area contributed by atoms with Gasteiger partial charge in [-0.1, -0.05) is 0 Å². The first-order chi connectivity index (χ1) is 12.0. The van der Waals surface area contributed by atoms with Gasteiger partial charge >= 0.3 is 11.6 Å². The van der Waals surface area contributed by atoms with Crippen molar-refractivity contribution in [2.24, 2.45) is 0 Å². The van der Waals surface area contributed by atoms with Gasteiger partial charge < -0.3 is 18.6 Å². The number of esters is 1. The van der Waals surface area contributed by atoms with E-state index in [9.17, 15) is 9.59 Å². The first-order valence-electron chi connectivity index (χ1n) is 7.75. The minimum absolute atomic E-state index is 0.428. The lowest BCUT2D eigenvalue weighted by atomic mass is 10.0. The Morgan fingerprint density at radius 1 is 1.08 bits per heavy atom. The van der Waals surface area contributed by atoms with Gasteiger partial charge in [-0.15, -0.1) is 0 Å². The van der Waals surface area contributed by atoms with Crippen LogP contribution in [0.2, 0.25) is 0 Å². The zero-order valence-electron chi connectivity index (χ0n) is 14.4. The van der Waals surface area contributed by atoms with E-state index >= 15 is 0 Å². The molecule has 0 fully saturated rings. The van der Waals surface area contributed by atoms with Gasteiger partial charge in [0.2, 0.25) is 0 Å². The van der Waals surface area contributed by atoms with Gasteiger partial charge in [0.05, 0.1) is 19.6 Å². The fraction of sp³-hybridized carbons (Fsp3) is 0.263. The summed E-state index contributed by atoms with van der Waals surface area (Å²) in [6.07, 6.45) is -0.766. The largest absolute Gasteiger partial charge is 0.497 e. The molecule has 1 atom stereocenters. The molecule has 0 spiro atoms. The lowest BCUT2D eigenvalue weighted by Gasteiger charge is -2.15. The van der Waals surface area contributed by atoms with Crippen LogP contribution in [0.1, 0.15) is 12.5 Å². The molecule has 130 valence electrons. The Kier molecular flexibility index (Phi) is 4.35. The molecule has 1 unspecified atom stereocenters. The quantitative estimate of drug-likeness (QED) is 0.412. The molecule has 0 saturated carbocycles. The van der Waals surface area contributed by atoms with Gasteiger partial charge in [0.15, 0.2) is 6.10 Å². The Morgan fingerprint density at radius 3 is 2.48 bits per heavy atom. The molecule has 6 heteroatoms. The maximum atomic E-state index is 12.4. The van der Waals surface area contributed by atoms with Crippen molar-refractivity contribution in [3.63, 3.8) is 0 Å². The van der Waals surface area contributed by atoms with E-state index in [1.807, 2.05) is 6.07 Å². The summed E-state index contributed by atoms with van der Waals surface area (Å²) >= 11 is 0. The topological polar surface area (TPSA) is 75.0 Å². The Hall–Kier alpha value is -3.02. The predicted molar refractivity (Wildman–Crippen MR) is 93.4 cm³/mol. The highest BCUT2D eigenvalue weighted by Gasteiger charge is 2.18. The maximum absolute atomic E-state index is 12.4. The van der Waals surface area contributed by atoms with Crippen molar-refractivity contribution in [1.82, 2.24) is 0 Å². The zero-order valence-corrected chi connectivity index (χ0v) is 14.4. The molecule has 25 heavy (non-hydrogen) atoms. The van der Waals surface area contributed by atoms with Gasteiger partial charge in [0.1, 0.15) is 17.1 Å². The number of aryl methyl sites for hydroxylation is 1. The third-order valence-electron chi connectivity index (χ3n) is 4.12. The van der Waals surface area contributed by atoms with E-state index < -0.39 is 17.7 Å². The van der Waals surface area contributed by atoms with E-state index in [0.29, 0.717) is 28.0 Å². The van der Waals surface area contributed by atoms with Gasteiger partial charge in [0, 0.05) is 16.3 Å². The number of hydrogen-bond donors (Lipinski definition) is 0. The Balaban J connectivity index is 2.18. The van der Waals surface area contributed by atoms with Crippen molar-refractivity contribution in [2.45, 2.75) is 20.0 Å². The van der Waals surface area contributed by atoms with Gasteiger partial charge in [-0.25, -0.2) is 9.59 Å². The van der Waals surface area contributed by atoms with Crippen molar-refractivity contribution in [2.75, 3.05) is 14.2 Å². The lowest BCUT2D eigenvalue weighted by Crippen LogP contribution is -2.25. The highest BCUT2D eigenvalue weighted by molar-refractivity contribution is 6.06. The molecular formula is C19H18O6. The second kappa shape index (κ2) is 6.47. The molecule has 0 aliphatic carbocycles. The molecule has 2 aromatic carbocycles. The van der Waals surface area contributed by atoms with Crippen LogP contribution in [0.5, 0.6) is 11.5 Å². The van der Waals surface area contributed by atoms with Gasteiger partial charge in [0.25, 0.3) is 0 Å². The smallest absolute Gasteiger partial charge is 0.346 e. The molecule has 3 rings (SSSR count). The van der Waals surface area contributed by atoms with Gasteiger partial charge in [-0.3, -0.25) is 0 Å². The Morgan fingerprint density at radius 2 is 1.80 bits per heavy atom. The summed E-state index contributed by atoms with van der Waals surface area (Å²) in [6.45, 7) is 3.37. The first-order valence-corrected chi connectivity index (χ1v) is 7.75. The molecule has 3 aromatic rings. The molecule has 1 heterocycles. The first kappa shape index (κ1) is 16.8. The number of methoxy groups -OCH3 is 2. The number of fused-ring (bicyclic) bond motifs is 3. The number of ether oxygens (including phenoxy) is 3. The van der Waals surface area contributed by atoms with E-state index in [0.717, 1.165) is 10.8 Å². The fourth-order valence-corrected chi connectivity index (χ4v) is 2.75. The van der Waals surface area contributed by atoms with Crippen LogP contribution in [0.3, 0.4) is 0 Å². The van der Waals surface area contributed by atoms with Crippen LogP contribution in [0, 0.1) is 6.92 Å². The van der Waals surface area contributed by atoms with Crippen LogP contribution in [0.4, 0.5) is 0 Å². The molecule has 1 aromatic heterocycles. The molecule has 0 aliphatic heterocycles. The van der Waals surface area contributed by atoms with E-state index in [2.05, 4.69) is 4.74 Å². The summed E-state index contributed by atoms with van der Waals surface area (Å²) in [5.74, 6) is 0.565. The normalized spacial score (nSPS) is 12.2. The maximum Gasteiger partial charge on any atom is 0.346 e. The third-order valence-corrected chi connectivity index (χ3v) is 4.12. The monoisotopic (exact) mass is 342 g/mol. The minimum atomic E-state index is -0.766. The molecule has 0 radical (unpaired) electrons. The SMILES string of the molecule is COC(=O)C(C)Oc1ccc2c(oc(=O)c3cc(OC)ccc32)c1C.